The molecule has 4 nitrogen and oxygen atoms in total. The monoisotopic (exact) mass is 376 g/mol. The number of methoxy groups -OCH3 is 1. The van der Waals surface area contributed by atoms with E-state index in [2.05, 4.69) is 10.3 Å². The van der Waals surface area contributed by atoms with Gasteiger partial charge < -0.3 is 10.1 Å². The molecule has 1 aliphatic rings. The molecule has 1 fully saturated rings. The number of amides is 1. The second kappa shape index (κ2) is 8.72. The van der Waals surface area contributed by atoms with Crippen molar-refractivity contribution in [2.75, 3.05) is 12.4 Å². The number of hydrogen-bond donors (Lipinski definition) is 1. The Morgan fingerprint density at radius 1 is 1.32 bits per heavy atom. The van der Waals surface area contributed by atoms with Gasteiger partial charge in [0.05, 0.1) is 18.1 Å². The van der Waals surface area contributed by atoms with E-state index in [1.165, 1.54) is 43.4 Å². The number of para-hydroxylation sites is 1. The fraction of sp³-hybridized carbons (Fsp3) is 0.474. The van der Waals surface area contributed by atoms with Crippen LogP contribution in [0.2, 0.25) is 0 Å². The molecule has 2 aromatic rings. The van der Waals surface area contributed by atoms with E-state index < -0.39 is 0 Å². The lowest BCUT2D eigenvalue weighted by Gasteiger charge is -2.23. The van der Waals surface area contributed by atoms with Crippen molar-refractivity contribution in [1.82, 2.24) is 4.98 Å². The van der Waals surface area contributed by atoms with Crippen molar-refractivity contribution in [2.24, 2.45) is 0 Å². The number of benzene rings is 1. The zero-order valence-electron chi connectivity index (χ0n) is 14.7. The van der Waals surface area contributed by atoms with Crippen LogP contribution >= 0.6 is 23.1 Å². The Morgan fingerprint density at radius 2 is 2.08 bits per heavy atom. The van der Waals surface area contributed by atoms with Gasteiger partial charge in [-0.05, 0) is 31.9 Å². The first kappa shape index (κ1) is 18.3. The van der Waals surface area contributed by atoms with E-state index in [1.807, 2.05) is 36.6 Å². The van der Waals surface area contributed by atoms with Crippen molar-refractivity contribution in [2.45, 2.75) is 49.5 Å². The standard InChI is InChI=1S/C19H24N2O2S2/c1-13(25-14-8-4-3-5-9-14)18(22)21-19-20-16(12-24-19)15-10-6-7-11-17(15)23-2/h6-7,10-14H,3-5,8-9H2,1-2H3,(H,20,21,22). The van der Waals surface area contributed by atoms with E-state index >= 15 is 0 Å². The Morgan fingerprint density at radius 3 is 2.84 bits per heavy atom. The SMILES string of the molecule is COc1ccccc1-c1csc(NC(=O)C(C)SC2CCCCC2)n1. The minimum Gasteiger partial charge on any atom is -0.496 e. The molecule has 25 heavy (non-hydrogen) atoms. The maximum atomic E-state index is 12.5. The first-order chi connectivity index (χ1) is 12.2. The average Bonchev–Trinajstić information content (AvgIpc) is 3.10. The molecule has 0 saturated heterocycles. The molecule has 1 N–H and O–H groups in total. The van der Waals surface area contributed by atoms with Crippen LogP contribution in [0.1, 0.15) is 39.0 Å². The number of thiazole rings is 1. The fourth-order valence-corrected chi connectivity index (χ4v) is 5.15. The van der Waals surface area contributed by atoms with Gasteiger partial charge in [0.25, 0.3) is 0 Å². The van der Waals surface area contributed by atoms with Gasteiger partial charge in [-0.3, -0.25) is 4.79 Å². The van der Waals surface area contributed by atoms with Crippen LogP contribution in [0.4, 0.5) is 5.13 Å². The molecule has 0 spiro atoms. The Balaban J connectivity index is 1.61. The number of nitrogens with one attached hydrogen (secondary N) is 1. The summed E-state index contributed by atoms with van der Waals surface area (Å²) in [5.74, 6) is 0.823. The Hall–Kier alpha value is -1.53. The minimum atomic E-state index is -0.0540. The summed E-state index contributed by atoms with van der Waals surface area (Å²) >= 11 is 3.25. The Labute approximate surface area is 157 Å². The predicted molar refractivity (Wildman–Crippen MR) is 107 cm³/mol. The molecule has 0 radical (unpaired) electrons. The number of anilines is 1. The van der Waals surface area contributed by atoms with Gasteiger partial charge in [-0.1, -0.05) is 31.4 Å². The van der Waals surface area contributed by atoms with E-state index in [1.54, 1.807) is 18.9 Å². The number of hydrogen-bond acceptors (Lipinski definition) is 5. The molecule has 134 valence electrons. The normalized spacial score (nSPS) is 16.4. The highest BCUT2D eigenvalue weighted by Gasteiger charge is 2.22. The molecule has 1 aromatic carbocycles. The molecule has 6 heteroatoms. The number of thioether (sulfide) groups is 1. The molecule has 0 aliphatic heterocycles. The number of rotatable bonds is 6. The summed E-state index contributed by atoms with van der Waals surface area (Å²) in [6.45, 7) is 1.99. The molecule has 1 atom stereocenters. The van der Waals surface area contributed by atoms with E-state index in [0.717, 1.165) is 17.0 Å². The zero-order chi connectivity index (χ0) is 17.6. The van der Waals surface area contributed by atoms with Gasteiger partial charge in [-0.15, -0.1) is 23.1 Å². The van der Waals surface area contributed by atoms with Crippen molar-refractivity contribution in [3.05, 3.63) is 29.6 Å². The molecule has 1 aromatic heterocycles. The summed E-state index contributed by atoms with van der Waals surface area (Å²) < 4.78 is 5.39. The van der Waals surface area contributed by atoms with Crippen molar-refractivity contribution < 1.29 is 9.53 Å². The second-order valence-corrected chi connectivity index (χ2v) is 8.77. The third kappa shape index (κ3) is 4.76. The third-order valence-corrected chi connectivity index (χ3v) is 6.67. The number of aromatic nitrogens is 1. The van der Waals surface area contributed by atoms with Crippen LogP contribution in [-0.2, 0) is 4.79 Å². The van der Waals surface area contributed by atoms with E-state index in [4.69, 9.17) is 4.74 Å². The quantitative estimate of drug-likeness (QED) is 0.752. The first-order valence-corrected chi connectivity index (χ1v) is 10.5. The van der Waals surface area contributed by atoms with E-state index in [0.29, 0.717) is 10.4 Å². The van der Waals surface area contributed by atoms with Crippen molar-refractivity contribution in [3.8, 4) is 17.0 Å². The lowest BCUT2D eigenvalue weighted by atomic mass is 10.0. The van der Waals surface area contributed by atoms with Crippen molar-refractivity contribution in [1.29, 1.82) is 0 Å². The summed E-state index contributed by atoms with van der Waals surface area (Å²) in [5, 5.41) is 6.12. The van der Waals surface area contributed by atoms with E-state index in [9.17, 15) is 4.79 Å². The van der Waals surface area contributed by atoms with Crippen LogP contribution in [0, 0.1) is 0 Å². The number of carbonyl (C=O) groups is 1. The smallest absolute Gasteiger partial charge is 0.238 e. The van der Waals surface area contributed by atoms with Gasteiger partial charge in [0.15, 0.2) is 5.13 Å². The van der Waals surface area contributed by atoms with Gasteiger partial charge in [0.2, 0.25) is 5.91 Å². The van der Waals surface area contributed by atoms with Crippen LogP contribution < -0.4 is 10.1 Å². The highest BCUT2D eigenvalue weighted by molar-refractivity contribution is 8.01. The van der Waals surface area contributed by atoms with Gasteiger partial charge >= 0.3 is 0 Å². The average molecular weight is 377 g/mol. The summed E-state index contributed by atoms with van der Waals surface area (Å²) in [5.41, 5.74) is 1.76. The zero-order valence-corrected chi connectivity index (χ0v) is 16.3. The lowest BCUT2D eigenvalue weighted by molar-refractivity contribution is -0.115. The van der Waals surface area contributed by atoms with Crippen LogP contribution in [0.3, 0.4) is 0 Å². The number of carbonyl (C=O) groups excluding carboxylic acids is 1. The highest BCUT2D eigenvalue weighted by atomic mass is 32.2. The van der Waals surface area contributed by atoms with E-state index in [-0.39, 0.29) is 11.2 Å². The predicted octanol–water partition coefficient (Wildman–Crippen LogP) is 5.21. The van der Waals surface area contributed by atoms with Crippen LogP contribution in [0.5, 0.6) is 5.75 Å². The second-order valence-electron chi connectivity index (χ2n) is 6.27. The molecule has 1 aliphatic carbocycles. The molecule has 1 saturated carbocycles. The molecule has 1 heterocycles. The van der Waals surface area contributed by atoms with Gasteiger partial charge in [0.1, 0.15) is 5.75 Å². The van der Waals surface area contributed by atoms with Crippen molar-refractivity contribution >= 4 is 34.1 Å². The molecular formula is C19H24N2O2S2. The van der Waals surface area contributed by atoms with Gasteiger partial charge in [-0.25, -0.2) is 4.98 Å². The summed E-state index contributed by atoms with van der Waals surface area (Å²) in [4.78, 5) is 17.0. The molecule has 1 amide bonds. The van der Waals surface area contributed by atoms with Gasteiger partial charge in [-0.2, -0.15) is 0 Å². The maximum Gasteiger partial charge on any atom is 0.238 e. The van der Waals surface area contributed by atoms with Crippen LogP contribution in [0.25, 0.3) is 11.3 Å². The van der Waals surface area contributed by atoms with Crippen LogP contribution in [0.15, 0.2) is 29.6 Å². The largest absolute Gasteiger partial charge is 0.496 e. The molecule has 0 bridgehead atoms. The number of ether oxygens (including phenoxy) is 1. The van der Waals surface area contributed by atoms with Gasteiger partial charge in [0, 0.05) is 16.2 Å². The first-order valence-electron chi connectivity index (χ1n) is 8.72. The fourth-order valence-electron chi connectivity index (χ4n) is 3.07. The Bertz CT molecular complexity index is 711. The molecule has 3 rings (SSSR count). The maximum absolute atomic E-state index is 12.5. The summed E-state index contributed by atoms with van der Waals surface area (Å²) in [7, 11) is 1.65. The lowest BCUT2D eigenvalue weighted by Crippen LogP contribution is -2.25. The topological polar surface area (TPSA) is 51.2 Å². The minimum absolute atomic E-state index is 0.0384. The van der Waals surface area contributed by atoms with Crippen molar-refractivity contribution in [3.63, 3.8) is 0 Å². The summed E-state index contributed by atoms with van der Waals surface area (Å²) in [6, 6.07) is 7.77. The molecular weight excluding hydrogens is 352 g/mol. The summed E-state index contributed by atoms with van der Waals surface area (Å²) in [6.07, 6.45) is 6.39. The van der Waals surface area contributed by atoms with Crippen LogP contribution in [-0.4, -0.2) is 28.5 Å². The molecule has 1 unspecified atom stereocenters. The third-order valence-electron chi connectivity index (χ3n) is 4.44. The Kier molecular flexibility index (Phi) is 6.37. The highest BCUT2D eigenvalue weighted by Crippen LogP contribution is 2.33. The number of nitrogens with zero attached hydrogens (tertiary/aromatic N) is 1.